The number of hydrogen-bond acceptors (Lipinski definition) is 3. The molecule has 82 valence electrons. The van der Waals surface area contributed by atoms with Crippen LogP contribution >= 0.6 is 0 Å². The van der Waals surface area contributed by atoms with Crippen LogP contribution in [0.5, 0.6) is 0 Å². The molecule has 1 N–H and O–H groups in total. The fourth-order valence-electron chi connectivity index (χ4n) is 1.34. The fourth-order valence-corrected chi connectivity index (χ4v) is 1.34. The van der Waals surface area contributed by atoms with Crippen LogP contribution in [0.15, 0.2) is 36.5 Å². The minimum Gasteiger partial charge on any atom is -0.324 e. The quantitative estimate of drug-likeness (QED) is 0.839. The lowest BCUT2D eigenvalue weighted by Gasteiger charge is -2.03. The molecular formula is C11H12N4O. The van der Waals surface area contributed by atoms with Gasteiger partial charge in [-0.15, -0.1) is 5.10 Å². The highest BCUT2D eigenvalue weighted by Gasteiger charge is 2.04. The molecule has 0 aliphatic heterocycles. The molecule has 0 saturated heterocycles. The number of rotatable bonds is 3. The second kappa shape index (κ2) is 4.57. The molecule has 0 bridgehead atoms. The second-order valence-electron chi connectivity index (χ2n) is 3.47. The molecule has 5 heteroatoms. The lowest BCUT2D eigenvalue weighted by molar-refractivity contribution is -0.116. The number of benzene rings is 1. The van der Waals surface area contributed by atoms with Crippen LogP contribution in [-0.4, -0.2) is 20.9 Å². The van der Waals surface area contributed by atoms with Gasteiger partial charge in [0.05, 0.1) is 5.69 Å². The lowest BCUT2D eigenvalue weighted by atomic mass is 10.3. The molecule has 5 nitrogen and oxygen atoms in total. The highest BCUT2D eigenvalue weighted by molar-refractivity contribution is 5.90. The highest BCUT2D eigenvalue weighted by Crippen LogP contribution is 2.04. The number of para-hydroxylation sites is 1. The molecule has 2 aromatic rings. The van der Waals surface area contributed by atoms with E-state index < -0.39 is 0 Å². The van der Waals surface area contributed by atoms with Gasteiger partial charge in [-0.05, 0) is 19.1 Å². The first kappa shape index (κ1) is 10.4. The van der Waals surface area contributed by atoms with Gasteiger partial charge in [-0.1, -0.05) is 23.4 Å². The van der Waals surface area contributed by atoms with Gasteiger partial charge in [0.15, 0.2) is 0 Å². The van der Waals surface area contributed by atoms with Gasteiger partial charge in [0.2, 0.25) is 5.91 Å². The second-order valence-corrected chi connectivity index (χ2v) is 3.47. The number of nitrogens with one attached hydrogen (secondary N) is 1. The molecule has 1 heterocycles. The summed E-state index contributed by atoms with van der Waals surface area (Å²) in [7, 11) is 0. The first-order valence-electron chi connectivity index (χ1n) is 4.96. The van der Waals surface area contributed by atoms with E-state index in [1.165, 1.54) is 4.68 Å². The van der Waals surface area contributed by atoms with E-state index in [0.717, 1.165) is 11.4 Å². The van der Waals surface area contributed by atoms with Crippen LogP contribution in [-0.2, 0) is 11.3 Å². The Bertz CT molecular complexity index is 478. The highest BCUT2D eigenvalue weighted by atomic mass is 16.2. The van der Waals surface area contributed by atoms with Gasteiger partial charge in [-0.25, -0.2) is 4.68 Å². The zero-order valence-corrected chi connectivity index (χ0v) is 8.92. The van der Waals surface area contributed by atoms with Crippen molar-refractivity contribution in [3.63, 3.8) is 0 Å². The Balaban J connectivity index is 1.95. The van der Waals surface area contributed by atoms with Crippen LogP contribution in [0.3, 0.4) is 0 Å². The fraction of sp³-hybridized carbons (Fsp3) is 0.182. The standard InChI is InChI=1S/C11H12N4O/c1-9-7-15(14-13-9)8-11(16)12-10-5-3-2-4-6-10/h2-7H,8H2,1H3,(H,12,16). The molecular weight excluding hydrogens is 204 g/mol. The number of hydrogen-bond donors (Lipinski definition) is 1. The van der Waals surface area contributed by atoms with Crippen LogP contribution < -0.4 is 5.32 Å². The zero-order valence-electron chi connectivity index (χ0n) is 8.92. The van der Waals surface area contributed by atoms with Crippen molar-refractivity contribution in [3.05, 3.63) is 42.2 Å². The third-order valence-corrected chi connectivity index (χ3v) is 2.02. The van der Waals surface area contributed by atoms with Crippen molar-refractivity contribution in [3.8, 4) is 0 Å². The summed E-state index contributed by atoms with van der Waals surface area (Å²) < 4.78 is 1.51. The summed E-state index contributed by atoms with van der Waals surface area (Å²) in [4.78, 5) is 11.6. The monoisotopic (exact) mass is 216 g/mol. The Labute approximate surface area is 93.1 Å². The summed E-state index contributed by atoms with van der Waals surface area (Å²) in [6.45, 7) is 2.01. The van der Waals surface area contributed by atoms with Crippen molar-refractivity contribution in [1.82, 2.24) is 15.0 Å². The van der Waals surface area contributed by atoms with E-state index in [4.69, 9.17) is 0 Å². The number of amides is 1. The summed E-state index contributed by atoms with van der Waals surface area (Å²) in [5.74, 6) is -0.115. The van der Waals surface area contributed by atoms with E-state index in [1.54, 1.807) is 6.20 Å². The molecule has 1 amide bonds. The normalized spacial score (nSPS) is 10.1. The van der Waals surface area contributed by atoms with E-state index in [-0.39, 0.29) is 12.5 Å². The zero-order chi connectivity index (χ0) is 11.4. The van der Waals surface area contributed by atoms with Gasteiger partial charge in [0.1, 0.15) is 6.54 Å². The molecule has 0 spiro atoms. The minimum absolute atomic E-state index is 0.115. The van der Waals surface area contributed by atoms with Crippen LogP contribution in [0, 0.1) is 6.92 Å². The number of aromatic nitrogens is 3. The number of anilines is 1. The van der Waals surface area contributed by atoms with Gasteiger partial charge in [-0.2, -0.15) is 0 Å². The Morgan fingerprint density at radius 2 is 2.12 bits per heavy atom. The molecule has 1 aromatic heterocycles. The Morgan fingerprint density at radius 1 is 1.38 bits per heavy atom. The van der Waals surface area contributed by atoms with Gasteiger partial charge in [0, 0.05) is 11.9 Å². The maximum Gasteiger partial charge on any atom is 0.246 e. The third kappa shape index (κ3) is 2.66. The van der Waals surface area contributed by atoms with E-state index in [1.807, 2.05) is 37.3 Å². The van der Waals surface area contributed by atoms with Crippen LogP contribution in [0.1, 0.15) is 5.69 Å². The van der Waals surface area contributed by atoms with Gasteiger partial charge >= 0.3 is 0 Å². The number of nitrogens with zero attached hydrogens (tertiary/aromatic N) is 3. The molecule has 0 aliphatic carbocycles. The molecule has 0 atom stereocenters. The Morgan fingerprint density at radius 3 is 2.75 bits per heavy atom. The number of carbonyl (C=O) groups excluding carboxylic acids is 1. The topological polar surface area (TPSA) is 59.8 Å². The number of aryl methyl sites for hydroxylation is 1. The molecule has 2 rings (SSSR count). The lowest BCUT2D eigenvalue weighted by Crippen LogP contribution is -2.19. The maximum atomic E-state index is 11.6. The van der Waals surface area contributed by atoms with Crippen LogP contribution in [0.4, 0.5) is 5.69 Å². The molecule has 0 unspecified atom stereocenters. The molecule has 0 saturated carbocycles. The van der Waals surface area contributed by atoms with E-state index >= 15 is 0 Å². The molecule has 16 heavy (non-hydrogen) atoms. The minimum atomic E-state index is -0.115. The van der Waals surface area contributed by atoms with Crippen molar-refractivity contribution in [2.75, 3.05) is 5.32 Å². The molecule has 0 aliphatic rings. The predicted octanol–water partition coefficient (Wildman–Crippen LogP) is 1.23. The van der Waals surface area contributed by atoms with Crippen molar-refractivity contribution < 1.29 is 4.79 Å². The van der Waals surface area contributed by atoms with Gasteiger partial charge in [0.25, 0.3) is 0 Å². The first-order valence-corrected chi connectivity index (χ1v) is 4.96. The number of carbonyl (C=O) groups is 1. The summed E-state index contributed by atoms with van der Waals surface area (Å²) in [6.07, 6.45) is 1.73. The van der Waals surface area contributed by atoms with E-state index in [0.29, 0.717) is 0 Å². The van der Waals surface area contributed by atoms with Crippen molar-refractivity contribution in [2.24, 2.45) is 0 Å². The summed E-state index contributed by atoms with van der Waals surface area (Å²) in [5, 5.41) is 10.4. The summed E-state index contributed by atoms with van der Waals surface area (Å²) in [5.41, 5.74) is 1.58. The Hall–Kier alpha value is -2.17. The summed E-state index contributed by atoms with van der Waals surface area (Å²) in [6, 6.07) is 9.32. The van der Waals surface area contributed by atoms with E-state index in [9.17, 15) is 4.79 Å². The SMILES string of the molecule is Cc1cn(CC(=O)Nc2ccccc2)nn1. The van der Waals surface area contributed by atoms with Crippen molar-refractivity contribution >= 4 is 11.6 Å². The predicted molar refractivity (Wildman–Crippen MR) is 59.8 cm³/mol. The van der Waals surface area contributed by atoms with E-state index in [2.05, 4.69) is 15.6 Å². The van der Waals surface area contributed by atoms with Crippen LogP contribution in [0.25, 0.3) is 0 Å². The van der Waals surface area contributed by atoms with Crippen LogP contribution in [0.2, 0.25) is 0 Å². The average Bonchev–Trinajstić information content (AvgIpc) is 2.65. The maximum absolute atomic E-state index is 11.6. The molecule has 0 radical (unpaired) electrons. The van der Waals surface area contributed by atoms with Gasteiger partial charge in [-0.3, -0.25) is 4.79 Å². The largest absolute Gasteiger partial charge is 0.324 e. The van der Waals surface area contributed by atoms with Crippen molar-refractivity contribution in [1.29, 1.82) is 0 Å². The molecule has 0 fully saturated rings. The third-order valence-electron chi connectivity index (χ3n) is 2.02. The smallest absolute Gasteiger partial charge is 0.246 e. The first-order chi connectivity index (χ1) is 7.74. The molecule has 1 aromatic carbocycles. The summed E-state index contributed by atoms with van der Waals surface area (Å²) >= 11 is 0. The van der Waals surface area contributed by atoms with Gasteiger partial charge < -0.3 is 5.32 Å². The average molecular weight is 216 g/mol. The van der Waals surface area contributed by atoms with Crippen molar-refractivity contribution in [2.45, 2.75) is 13.5 Å². The Kier molecular flexibility index (Phi) is 2.95.